The summed E-state index contributed by atoms with van der Waals surface area (Å²) in [6.07, 6.45) is 0. The van der Waals surface area contributed by atoms with Gasteiger partial charge < -0.3 is 24.0 Å². The van der Waals surface area contributed by atoms with Crippen molar-refractivity contribution in [1.29, 1.82) is 5.26 Å². The van der Waals surface area contributed by atoms with Gasteiger partial charge in [-0.1, -0.05) is 0 Å². The molecule has 1 heterocycles. The molecule has 150 valence electrons. The van der Waals surface area contributed by atoms with E-state index in [-0.39, 0.29) is 12.2 Å². The van der Waals surface area contributed by atoms with Crippen molar-refractivity contribution in [3.8, 4) is 23.3 Å². The normalized spacial score (nSPS) is 12.6. The minimum absolute atomic E-state index is 0.113. The molecule has 0 saturated heterocycles. The number of nitrogens with zero attached hydrogens (tertiary/aromatic N) is 1. The zero-order valence-corrected chi connectivity index (χ0v) is 16.4. The average Bonchev–Trinajstić information content (AvgIpc) is 3.02. The number of methoxy groups -OCH3 is 3. The fourth-order valence-electron chi connectivity index (χ4n) is 3.13. The van der Waals surface area contributed by atoms with Crippen LogP contribution in [0.15, 0.2) is 16.9 Å². The number of benzene rings is 1. The van der Waals surface area contributed by atoms with Gasteiger partial charge in [0.2, 0.25) is 5.75 Å². The molecule has 0 aliphatic carbocycles. The molecule has 0 aliphatic heterocycles. The molecule has 0 radical (unpaired) electrons. The largest absolute Gasteiger partial charge is 0.493 e. The van der Waals surface area contributed by atoms with E-state index in [1.54, 1.807) is 26.0 Å². The van der Waals surface area contributed by atoms with Crippen LogP contribution in [0.3, 0.4) is 0 Å². The highest BCUT2D eigenvalue weighted by Gasteiger charge is 2.36. The second-order valence-electron chi connectivity index (χ2n) is 5.91. The van der Waals surface area contributed by atoms with E-state index < -0.39 is 23.4 Å². The lowest BCUT2D eigenvalue weighted by molar-refractivity contribution is -0.146. The van der Waals surface area contributed by atoms with E-state index in [4.69, 9.17) is 18.9 Å². The number of hydrogen-bond donors (Lipinski definition) is 2. The molecule has 0 spiro atoms. The van der Waals surface area contributed by atoms with Gasteiger partial charge in [0.05, 0.1) is 34.0 Å². The fraction of sp³-hybridized carbons (Fsp3) is 0.421. The lowest BCUT2D eigenvalue weighted by Crippen LogP contribution is -2.27. The van der Waals surface area contributed by atoms with Crippen molar-refractivity contribution in [2.45, 2.75) is 19.8 Å². The second-order valence-corrected chi connectivity index (χ2v) is 5.91. The summed E-state index contributed by atoms with van der Waals surface area (Å²) in [5.74, 6) is -1.84. The van der Waals surface area contributed by atoms with E-state index >= 15 is 0 Å². The predicted molar refractivity (Wildman–Crippen MR) is 99.8 cm³/mol. The molecule has 0 bridgehead atoms. The lowest BCUT2D eigenvalue weighted by atomic mass is 9.81. The van der Waals surface area contributed by atoms with Gasteiger partial charge in [0, 0.05) is 17.2 Å². The Morgan fingerprint density at radius 1 is 1.14 bits per heavy atom. The quantitative estimate of drug-likeness (QED) is 0.660. The Bertz CT molecular complexity index is 915. The topological polar surface area (TPSA) is 126 Å². The Morgan fingerprint density at radius 3 is 2.14 bits per heavy atom. The maximum Gasteiger partial charge on any atom is 0.324 e. The second kappa shape index (κ2) is 8.99. The number of hydrogen-bond acceptors (Lipinski definition) is 7. The number of aromatic nitrogens is 2. The Balaban J connectivity index is 2.78. The molecule has 28 heavy (non-hydrogen) atoms. The van der Waals surface area contributed by atoms with Crippen molar-refractivity contribution in [3.05, 3.63) is 39.3 Å². The molecule has 2 aromatic rings. The number of nitrogens with one attached hydrogen (secondary N) is 2. The third-order valence-electron chi connectivity index (χ3n) is 4.38. The predicted octanol–water partition coefficient (Wildman–Crippen LogP) is 1.87. The van der Waals surface area contributed by atoms with Gasteiger partial charge in [-0.2, -0.15) is 5.26 Å². The molecule has 1 aromatic heterocycles. The SMILES string of the molecule is CCOC(=O)[C@@H](C#N)[C@H](c1cc(OC)c(OC)c(OC)c1)c1c(C)[nH][nH]c1=O. The lowest BCUT2D eigenvalue weighted by Gasteiger charge is -2.23. The van der Waals surface area contributed by atoms with E-state index in [0.717, 1.165) is 0 Å². The molecule has 0 fully saturated rings. The van der Waals surface area contributed by atoms with Gasteiger partial charge in [-0.3, -0.25) is 14.7 Å². The molecular weight excluding hydrogens is 366 g/mol. The molecular formula is C19H23N3O6. The van der Waals surface area contributed by atoms with Crippen molar-refractivity contribution in [3.63, 3.8) is 0 Å². The number of carbonyl (C=O) groups is 1. The van der Waals surface area contributed by atoms with Gasteiger partial charge in [-0.15, -0.1) is 0 Å². The van der Waals surface area contributed by atoms with Crippen molar-refractivity contribution in [2.24, 2.45) is 5.92 Å². The summed E-state index contributed by atoms with van der Waals surface area (Å²) < 4.78 is 21.1. The summed E-state index contributed by atoms with van der Waals surface area (Å²) >= 11 is 0. The summed E-state index contributed by atoms with van der Waals surface area (Å²) in [6.45, 7) is 3.44. The third-order valence-corrected chi connectivity index (χ3v) is 4.38. The van der Waals surface area contributed by atoms with Crippen LogP contribution in [0.25, 0.3) is 0 Å². The van der Waals surface area contributed by atoms with Gasteiger partial charge in [-0.05, 0) is 31.5 Å². The number of nitriles is 1. The van der Waals surface area contributed by atoms with Gasteiger partial charge in [0.25, 0.3) is 5.56 Å². The van der Waals surface area contributed by atoms with E-state index in [9.17, 15) is 14.9 Å². The van der Waals surface area contributed by atoms with Crippen LogP contribution in [-0.4, -0.2) is 44.1 Å². The first-order chi connectivity index (χ1) is 13.4. The molecule has 0 aliphatic rings. The molecule has 1 aromatic carbocycles. The molecule has 0 unspecified atom stereocenters. The number of esters is 1. The Labute approximate surface area is 162 Å². The Kier molecular flexibility index (Phi) is 6.71. The van der Waals surface area contributed by atoms with Crippen molar-refractivity contribution < 1.29 is 23.7 Å². The van der Waals surface area contributed by atoms with Crippen molar-refractivity contribution in [1.82, 2.24) is 10.2 Å². The highest BCUT2D eigenvalue weighted by Crippen LogP contribution is 2.43. The first kappa shape index (κ1) is 20.9. The highest BCUT2D eigenvalue weighted by molar-refractivity contribution is 5.78. The minimum Gasteiger partial charge on any atom is -0.493 e. The number of aryl methyl sites for hydroxylation is 1. The summed E-state index contributed by atoms with van der Waals surface area (Å²) in [6, 6.07) is 5.20. The van der Waals surface area contributed by atoms with Crippen LogP contribution in [0, 0.1) is 24.2 Å². The fourth-order valence-corrected chi connectivity index (χ4v) is 3.13. The summed E-state index contributed by atoms with van der Waals surface area (Å²) in [5.41, 5.74) is 0.810. The summed E-state index contributed by atoms with van der Waals surface area (Å²) in [7, 11) is 4.38. The highest BCUT2D eigenvalue weighted by atomic mass is 16.5. The molecule has 2 N–H and O–H groups in total. The van der Waals surface area contributed by atoms with Crippen LogP contribution in [0.5, 0.6) is 17.2 Å². The van der Waals surface area contributed by atoms with Gasteiger partial charge in [0.1, 0.15) is 0 Å². The number of aromatic amines is 2. The molecule has 9 heteroatoms. The van der Waals surface area contributed by atoms with Gasteiger partial charge >= 0.3 is 5.97 Å². The molecule has 9 nitrogen and oxygen atoms in total. The van der Waals surface area contributed by atoms with Crippen LogP contribution in [0.2, 0.25) is 0 Å². The number of carbonyl (C=O) groups excluding carboxylic acids is 1. The standard InChI is InChI=1S/C19H23N3O6/c1-6-28-19(24)12(9-20)16(15-10(2)21-22-18(15)23)11-7-13(25-3)17(27-5)14(8-11)26-4/h7-8,12,16H,6H2,1-5H3,(H2,21,22,23)/t12-,16-/m0/s1. The van der Waals surface area contributed by atoms with E-state index in [1.807, 2.05) is 6.07 Å². The number of ether oxygens (including phenoxy) is 4. The number of rotatable bonds is 8. The van der Waals surface area contributed by atoms with Crippen LogP contribution >= 0.6 is 0 Å². The van der Waals surface area contributed by atoms with Gasteiger partial charge in [0.15, 0.2) is 17.4 Å². The van der Waals surface area contributed by atoms with Crippen LogP contribution in [0.1, 0.15) is 29.7 Å². The first-order valence-electron chi connectivity index (χ1n) is 8.56. The Hall–Kier alpha value is -3.41. The average molecular weight is 389 g/mol. The van der Waals surface area contributed by atoms with E-state index in [0.29, 0.717) is 28.5 Å². The molecule has 0 amide bonds. The molecule has 0 saturated carbocycles. The molecule has 2 atom stereocenters. The summed E-state index contributed by atoms with van der Waals surface area (Å²) in [4.78, 5) is 24.9. The first-order valence-corrected chi connectivity index (χ1v) is 8.56. The minimum atomic E-state index is -1.25. The van der Waals surface area contributed by atoms with Crippen molar-refractivity contribution in [2.75, 3.05) is 27.9 Å². The van der Waals surface area contributed by atoms with E-state index in [2.05, 4.69) is 10.2 Å². The monoisotopic (exact) mass is 389 g/mol. The summed E-state index contributed by atoms with van der Waals surface area (Å²) in [5, 5.41) is 14.9. The third kappa shape index (κ3) is 3.81. The number of H-pyrrole nitrogens is 2. The van der Waals surface area contributed by atoms with Crippen LogP contribution < -0.4 is 19.8 Å². The van der Waals surface area contributed by atoms with Gasteiger partial charge in [-0.25, -0.2) is 0 Å². The van der Waals surface area contributed by atoms with Crippen LogP contribution in [-0.2, 0) is 9.53 Å². The van der Waals surface area contributed by atoms with Crippen LogP contribution in [0.4, 0.5) is 0 Å². The maximum absolute atomic E-state index is 12.5. The van der Waals surface area contributed by atoms with E-state index in [1.165, 1.54) is 21.3 Å². The Morgan fingerprint density at radius 2 is 1.75 bits per heavy atom. The smallest absolute Gasteiger partial charge is 0.324 e. The zero-order chi connectivity index (χ0) is 20.8. The molecule has 2 rings (SSSR count). The zero-order valence-electron chi connectivity index (χ0n) is 16.4. The van der Waals surface area contributed by atoms with Crippen molar-refractivity contribution >= 4 is 5.97 Å². The maximum atomic E-state index is 12.5.